The molecule has 0 aliphatic carbocycles. The number of aromatic nitrogens is 2. The predicted molar refractivity (Wildman–Crippen MR) is 104 cm³/mol. The average molecular weight is 490 g/mol. The van der Waals surface area contributed by atoms with Crippen molar-refractivity contribution in [1.29, 1.82) is 0 Å². The lowest BCUT2D eigenvalue weighted by Crippen LogP contribution is -2.29. The summed E-state index contributed by atoms with van der Waals surface area (Å²) >= 11 is 0. The van der Waals surface area contributed by atoms with Crippen LogP contribution in [0.1, 0.15) is 56.1 Å². The van der Waals surface area contributed by atoms with Gasteiger partial charge in [0.05, 0.1) is 11.4 Å². The van der Waals surface area contributed by atoms with E-state index in [9.17, 15) is 26.3 Å². The van der Waals surface area contributed by atoms with Gasteiger partial charge in [0.2, 0.25) is 0 Å². The number of alkyl halides is 6. The average Bonchev–Trinajstić information content (AvgIpc) is 3.20. The maximum atomic E-state index is 10.6. The molecule has 2 N–H and O–H groups in total. The second-order valence-corrected chi connectivity index (χ2v) is 8.03. The largest absolute Gasteiger partial charge is 0.490 e. The Bertz CT molecular complexity index is 777. The van der Waals surface area contributed by atoms with Gasteiger partial charge in [-0.1, -0.05) is 6.42 Å². The minimum Gasteiger partial charge on any atom is -0.475 e. The molecule has 0 bridgehead atoms. The van der Waals surface area contributed by atoms with Crippen LogP contribution in [-0.2, 0) is 29.2 Å². The molecule has 3 heterocycles. The van der Waals surface area contributed by atoms with Gasteiger partial charge in [-0.25, -0.2) is 9.59 Å². The molecule has 0 atom stereocenters. The number of aliphatic carboxylic acids is 2. The second-order valence-electron chi connectivity index (χ2n) is 8.03. The van der Waals surface area contributed by atoms with Gasteiger partial charge in [0.25, 0.3) is 0 Å². The Morgan fingerprint density at radius 3 is 1.79 bits per heavy atom. The van der Waals surface area contributed by atoms with Gasteiger partial charge in [-0.2, -0.15) is 31.4 Å². The van der Waals surface area contributed by atoms with Crippen LogP contribution in [0.3, 0.4) is 0 Å². The molecule has 1 aromatic heterocycles. The molecule has 0 spiro atoms. The number of nitrogens with zero attached hydrogens (tertiary/aromatic N) is 4. The molecule has 1 fully saturated rings. The van der Waals surface area contributed by atoms with E-state index in [1.54, 1.807) is 0 Å². The van der Waals surface area contributed by atoms with Crippen LogP contribution in [0.2, 0.25) is 0 Å². The van der Waals surface area contributed by atoms with Crippen LogP contribution in [0, 0.1) is 0 Å². The number of piperidine rings is 1. The van der Waals surface area contributed by atoms with Gasteiger partial charge in [-0.05, 0) is 46.8 Å². The minimum atomic E-state index is -5.08. The van der Waals surface area contributed by atoms with Gasteiger partial charge in [0.1, 0.15) is 0 Å². The van der Waals surface area contributed by atoms with Gasteiger partial charge >= 0.3 is 24.3 Å². The first-order valence-corrected chi connectivity index (χ1v) is 10.1. The highest BCUT2D eigenvalue weighted by Crippen LogP contribution is 2.28. The van der Waals surface area contributed by atoms with E-state index < -0.39 is 24.3 Å². The molecule has 0 saturated carbocycles. The Morgan fingerprint density at radius 2 is 1.39 bits per heavy atom. The SMILES string of the molecule is CC(C)n1nc(CN2CCCCC2)c2c1CN(C)C2.O=C(O)C(F)(F)F.O=C(O)C(F)(F)F. The minimum absolute atomic E-state index is 0.468. The summed E-state index contributed by atoms with van der Waals surface area (Å²) in [5.74, 6) is -5.51. The third-order valence-electron chi connectivity index (χ3n) is 4.85. The molecule has 1 saturated heterocycles. The van der Waals surface area contributed by atoms with Gasteiger partial charge in [-0.3, -0.25) is 14.5 Å². The third kappa shape index (κ3) is 9.20. The van der Waals surface area contributed by atoms with Crippen molar-refractivity contribution in [2.75, 3.05) is 20.1 Å². The van der Waals surface area contributed by atoms with Crippen LogP contribution in [0.25, 0.3) is 0 Å². The van der Waals surface area contributed by atoms with Gasteiger partial charge in [-0.15, -0.1) is 0 Å². The van der Waals surface area contributed by atoms with Crippen molar-refractivity contribution < 1.29 is 46.1 Å². The van der Waals surface area contributed by atoms with E-state index in [0.717, 1.165) is 19.6 Å². The highest BCUT2D eigenvalue weighted by molar-refractivity contribution is 5.73. The lowest BCUT2D eigenvalue weighted by atomic mass is 10.1. The Kier molecular flexibility index (Phi) is 10.2. The second kappa shape index (κ2) is 11.7. The molecule has 3 rings (SSSR count). The Morgan fingerprint density at radius 1 is 0.939 bits per heavy atom. The highest BCUT2D eigenvalue weighted by atomic mass is 19.4. The van der Waals surface area contributed by atoms with E-state index >= 15 is 0 Å². The molecule has 0 unspecified atom stereocenters. The van der Waals surface area contributed by atoms with Crippen LogP contribution in [-0.4, -0.2) is 74.2 Å². The molecule has 190 valence electrons. The lowest BCUT2D eigenvalue weighted by Gasteiger charge is -2.25. The molecular formula is C19H28F6N4O4. The molecule has 2 aliphatic rings. The standard InChI is InChI=1S/C15H26N4.2C2HF3O2/c1-12(2)19-15-11-17(3)9-13(15)14(16-19)10-18-7-5-4-6-8-18;2*3-2(4,5)1(6)7/h12H,4-11H2,1-3H3;2*(H,6,7). The predicted octanol–water partition coefficient (Wildman–Crippen LogP) is 3.66. The van der Waals surface area contributed by atoms with E-state index in [-0.39, 0.29) is 0 Å². The first-order chi connectivity index (χ1) is 15.0. The fourth-order valence-electron chi connectivity index (χ4n) is 3.37. The van der Waals surface area contributed by atoms with Crippen molar-refractivity contribution in [2.24, 2.45) is 0 Å². The number of hydrogen-bond donors (Lipinski definition) is 2. The smallest absolute Gasteiger partial charge is 0.475 e. The van der Waals surface area contributed by atoms with Crippen LogP contribution < -0.4 is 0 Å². The maximum absolute atomic E-state index is 10.6. The van der Waals surface area contributed by atoms with Crippen molar-refractivity contribution in [3.8, 4) is 0 Å². The summed E-state index contributed by atoms with van der Waals surface area (Å²) in [6, 6.07) is 0.468. The van der Waals surface area contributed by atoms with Crippen LogP contribution >= 0.6 is 0 Å². The van der Waals surface area contributed by atoms with Crippen molar-refractivity contribution in [1.82, 2.24) is 19.6 Å². The van der Waals surface area contributed by atoms with Crippen molar-refractivity contribution in [3.05, 3.63) is 17.0 Å². The van der Waals surface area contributed by atoms with E-state index in [2.05, 4.69) is 35.4 Å². The van der Waals surface area contributed by atoms with E-state index in [1.165, 1.54) is 49.3 Å². The molecule has 0 radical (unpaired) electrons. The molecule has 14 heteroatoms. The Hall–Kier alpha value is -2.35. The summed E-state index contributed by atoms with van der Waals surface area (Å²) in [4.78, 5) is 22.8. The number of hydrogen-bond acceptors (Lipinski definition) is 5. The fraction of sp³-hybridized carbons (Fsp3) is 0.737. The quantitative estimate of drug-likeness (QED) is 0.624. The zero-order valence-corrected chi connectivity index (χ0v) is 18.5. The first-order valence-electron chi connectivity index (χ1n) is 10.1. The molecule has 0 aromatic carbocycles. The Labute approximate surface area is 186 Å². The Balaban J connectivity index is 0.000000324. The molecule has 2 aliphatic heterocycles. The number of carboxylic acid groups (broad SMARTS) is 2. The summed E-state index contributed by atoms with van der Waals surface area (Å²) in [6.07, 6.45) is -6.06. The number of carboxylic acids is 2. The lowest BCUT2D eigenvalue weighted by molar-refractivity contribution is -0.193. The number of halogens is 6. The topological polar surface area (TPSA) is 98.9 Å². The summed E-state index contributed by atoms with van der Waals surface area (Å²) in [5.41, 5.74) is 4.28. The third-order valence-corrected chi connectivity index (χ3v) is 4.85. The molecule has 33 heavy (non-hydrogen) atoms. The van der Waals surface area contributed by atoms with Crippen LogP contribution in [0.4, 0.5) is 26.3 Å². The first kappa shape index (κ1) is 28.7. The van der Waals surface area contributed by atoms with E-state index in [1.807, 2.05) is 0 Å². The van der Waals surface area contributed by atoms with Gasteiger partial charge in [0, 0.05) is 31.2 Å². The monoisotopic (exact) mass is 490 g/mol. The number of rotatable bonds is 3. The molecule has 0 amide bonds. The zero-order chi connectivity index (χ0) is 25.6. The van der Waals surface area contributed by atoms with Gasteiger partial charge < -0.3 is 10.2 Å². The summed E-state index contributed by atoms with van der Waals surface area (Å²) in [5, 5.41) is 19.2. The zero-order valence-electron chi connectivity index (χ0n) is 18.5. The fourth-order valence-corrected chi connectivity index (χ4v) is 3.37. The molecular weight excluding hydrogens is 462 g/mol. The number of fused-ring (bicyclic) bond motifs is 1. The highest BCUT2D eigenvalue weighted by Gasteiger charge is 2.38. The summed E-state index contributed by atoms with van der Waals surface area (Å²) < 4.78 is 65.7. The van der Waals surface area contributed by atoms with Crippen molar-refractivity contribution >= 4 is 11.9 Å². The number of likely N-dealkylation sites (tertiary alicyclic amines) is 1. The summed E-state index contributed by atoms with van der Waals surface area (Å²) in [6.45, 7) is 10.1. The van der Waals surface area contributed by atoms with Crippen molar-refractivity contribution in [2.45, 2.75) is 71.1 Å². The molecule has 8 nitrogen and oxygen atoms in total. The number of carbonyl (C=O) groups is 2. The van der Waals surface area contributed by atoms with Crippen LogP contribution in [0.15, 0.2) is 0 Å². The molecule has 1 aromatic rings. The van der Waals surface area contributed by atoms with Crippen LogP contribution in [0.5, 0.6) is 0 Å². The normalized spacial score (nSPS) is 17.0. The maximum Gasteiger partial charge on any atom is 0.490 e. The van der Waals surface area contributed by atoms with E-state index in [4.69, 9.17) is 24.9 Å². The van der Waals surface area contributed by atoms with Crippen molar-refractivity contribution in [3.63, 3.8) is 0 Å². The summed E-state index contributed by atoms with van der Waals surface area (Å²) in [7, 11) is 2.20. The van der Waals surface area contributed by atoms with E-state index in [0.29, 0.717) is 6.04 Å². The van der Waals surface area contributed by atoms with Gasteiger partial charge in [0.15, 0.2) is 0 Å².